The monoisotopic (exact) mass is 417 g/mol. The molecule has 30 heavy (non-hydrogen) atoms. The van der Waals surface area contributed by atoms with Crippen LogP contribution in [0.3, 0.4) is 0 Å². The van der Waals surface area contributed by atoms with Crippen LogP contribution in [0.5, 0.6) is 0 Å². The lowest BCUT2D eigenvalue weighted by molar-refractivity contribution is -0.135. The van der Waals surface area contributed by atoms with E-state index in [1.807, 2.05) is 35.2 Å². The summed E-state index contributed by atoms with van der Waals surface area (Å²) in [4.78, 5) is 42.5. The Kier molecular flexibility index (Phi) is 8.61. The number of carbonyl (C=O) groups excluding carboxylic acids is 3. The van der Waals surface area contributed by atoms with Crippen LogP contribution in [0.15, 0.2) is 30.3 Å². The summed E-state index contributed by atoms with van der Waals surface area (Å²) in [5.41, 5.74) is 0.973. The Morgan fingerprint density at radius 3 is 2.30 bits per heavy atom. The van der Waals surface area contributed by atoms with Crippen molar-refractivity contribution in [1.82, 2.24) is 25.3 Å². The first kappa shape index (κ1) is 22.2. The summed E-state index contributed by atoms with van der Waals surface area (Å²) in [5, 5.41) is 5.05. The number of carbonyl (C=O) groups is 3. The average Bonchev–Trinajstić information content (AvgIpc) is 2.78. The minimum atomic E-state index is -0.484. The van der Waals surface area contributed by atoms with Crippen molar-refractivity contribution in [2.24, 2.45) is 0 Å². The topological polar surface area (TPSA) is 94.2 Å². The normalized spacial score (nSPS) is 18.1. The van der Waals surface area contributed by atoms with Gasteiger partial charge in [-0.15, -0.1) is 0 Å². The van der Waals surface area contributed by atoms with Crippen molar-refractivity contribution in [3.05, 3.63) is 35.9 Å². The number of nitrogens with zero attached hydrogens (tertiary/aromatic N) is 3. The number of benzene rings is 1. The highest BCUT2D eigenvalue weighted by molar-refractivity contribution is 5.94. The third-order valence-electron chi connectivity index (χ3n) is 5.39. The third-order valence-corrected chi connectivity index (χ3v) is 5.39. The maximum absolute atomic E-state index is 12.4. The quantitative estimate of drug-likeness (QED) is 0.643. The van der Waals surface area contributed by atoms with Gasteiger partial charge in [-0.25, -0.2) is 4.79 Å². The molecule has 9 heteroatoms. The molecule has 164 valence electrons. The van der Waals surface area contributed by atoms with Crippen LogP contribution in [0, 0.1) is 0 Å². The number of morpholine rings is 1. The van der Waals surface area contributed by atoms with Crippen LogP contribution >= 0.6 is 0 Å². The van der Waals surface area contributed by atoms with Crippen LogP contribution in [-0.2, 0) is 20.9 Å². The van der Waals surface area contributed by atoms with E-state index in [9.17, 15) is 14.4 Å². The van der Waals surface area contributed by atoms with Gasteiger partial charge >= 0.3 is 6.03 Å². The fourth-order valence-electron chi connectivity index (χ4n) is 3.54. The molecule has 2 heterocycles. The maximum atomic E-state index is 12.4. The number of imide groups is 1. The average molecular weight is 418 g/mol. The molecule has 2 fully saturated rings. The molecule has 0 spiro atoms. The van der Waals surface area contributed by atoms with E-state index in [0.717, 1.165) is 31.7 Å². The zero-order valence-corrected chi connectivity index (χ0v) is 17.3. The minimum absolute atomic E-state index is 0.157. The molecule has 0 atom stereocenters. The molecular formula is C21H31N5O4. The second-order valence-electron chi connectivity index (χ2n) is 7.58. The molecule has 0 saturated carbocycles. The molecule has 0 radical (unpaired) electrons. The fourth-order valence-corrected chi connectivity index (χ4v) is 3.54. The first-order valence-electron chi connectivity index (χ1n) is 10.5. The van der Waals surface area contributed by atoms with Crippen LogP contribution in [0.4, 0.5) is 4.79 Å². The van der Waals surface area contributed by atoms with Gasteiger partial charge in [0.05, 0.1) is 19.8 Å². The summed E-state index contributed by atoms with van der Waals surface area (Å²) in [6.07, 6.45) is 0.250. The van der Waals surface area contributed by atoms with Crippen molar-refractivity contribution in [1.29, 1.82) is 0 Å². The van der Waals surface area contributed by atoms with Gasteiger partial charge in [-0.05, 0) is 5.56 Å². The summed E-state index contributed by atoms with van der Waals surface area (Å²) < 4.78 is 5.31. The molecule has 0 aliphatic carbocycles. The molecule has 9 nitrogen and oxygen atoms in total. The van der Waals surface area contributed by atoms with E-state index < -0.39 is 6.03 Å². The number of hydrogen-bond donors (Lipinski definition) is 2. The summed E-state index contributed by atoms with van der Waals surface area (Å²) in [6.45, 7) is 7.20. The van der Waals surface area contributed by atoms with Gasteiger partial charge in [0.2, 0.25) is 11.8 Å². The molecule has 1 aromatic carbocycles. The molecule has 4 amide bonds. The largest absolute Gasteiger partial charge is 0.379 e. The van der Waals surface area contributed by atoms with Crippen LogP contribution < -0.4 is 10.6 Å². The minimum Gasteiger partial charge on any atom is -0.379 e. The van der Waals surface area contributed by atoms with Gasteiger partial charge in [-0.1, -0.05) is 30.3 Å². The second kappa shape index (κ2) is 11.6. The van der Waals surface area contributed by atoms with E-state index in [1.54, 1.807) is 0 Å². The van der Waals surface area contributed by atoms with Crippen molar-refractivity contribution in [2.45, 2.75) is 13.0 Å². The SMILES string of the molecule is O=C(CCN1CCN(C(=O)CN2CCOCC2)CC1)NC(=O)NCc1ccccc1. The van der Waals surface area contributed by atoms with Gasteiger partial charge in [-0.2, -0.15) is 0 Å². The lowest BCUT2D eigenvalue weighted by atomic mass is 10.2. The zero-order chi connectivity index (χ0) is 21.2. The number of ether oxygens (including phenoxy) is 1. The third kappa shape index (κ3) is 7.40. The molecule has 1 aromatic rings. The lowest BCUT2D eigenvalue weighted by Gasteiger charge is -2.36. The molecule has 2 N–H and O–H groups in total. The Hall–Kier alpha value is -2.49. The van der Waals surface area contributed by atoms with Crippen molar-refractivity contribution >= 4 is 17.8 Å². The predicted octanol–water partition coefficient (Wildman–Crippen LogP) is -0.121. The van der Waals surface area contributed by atoms with Crippen molar-refractivity contribution in [2.75, 3.05) is 65.6 Å². The van der Waals surface area contributed by atoms with Gasteiger partial charge in [-0.3, -0.25) is 24.7 Å². The van der Waals surface area contributed by atoms with Crippen molar-refractivity contribution < 1.29 is 19.1 Å². The molecule has 2 aliphatic rings. The molecule has 0 aromatic heterocycles. The van der Waals surface area contributed by atoms with Crippen molar-refractivity contribution in [3.8, 4) is 0 Å². The summed E-state index contributed by atoms with van der Waals surface area (Å²) >= 11 is 0. The number of piperazine rings is 1. The van der Waals surface area contributed by atoms with Crippen LogP contribution in [0.25, 0.3) is 0 Å². The van der Waals surface area contributed by atoms with E-state index in [2.05, 4.69) is 20.4 Å². The summed E-state index contributed by atoms with van der Waals surface area (Å²) in [7, 11) is 0. The first-order chi connectivity index (χ1) is 14.6. The number of rotatable bonds is 7. The van der Waals surface area contributed by atoms with Gasteiger partial charge in [0.25, 0.3) is 0 Å². The molecule has 0 unspecified atom stereocenters. The Morgan fingerprint density at radius 1 is 0.900 bits per heavy atom. The van der Waals surface area contributed by atoms with Crippen LogP contribution in [-0.4, -0.2) is 98.1 Å². The zero-order valence-electron chi connectivity index (χ0n) is 17.3. The summed E-state index contributed by atoms with van der Waals surface area (Å²) in [6, 6.07) is 9.04. The Morgan fingerprint density at radius 2 is 1.60 bits per heavy atom. The Bertz CT molecular complexity index is 701. The molecular weight excluding hydrogens is 386 g/mol. The molecule has 2 aliphatic heterocycles. The summed E-state index contributed by atoms with van der Waals surface area (Å²) in [5.74, 6) is -0.143. The van der Waals surface area contributed by atoms with Crippen molar-refractivity contribution in [3.63, 3.8) is 0 Å². The van der Waals surface area contributed by atoms with Gasteiger partial charge in [0.15, 0.2) is 0 Å². The fraction of sp³-hybridized carbons (Fsp3) is 0.571. The van der Waals surface area contributed by atoms with E-state index in [-0.39, 0.29) is 18.2 Å². The molecule has 0 bridgehead atoms. The second-order valence-corrected chi connectivity index (χ2v) is 7.58. The van der Waals surface area contributed by atoms with E-state index in [0.29, 0.717) is 45.9 Å². The lowest BCUT2D eigenvalue weighted by Crippen LogP contribution is -2.52. The van der Waals surface area contributed by atoms with Gasteiger partial charge in [0.1, 0.15) is 0 Å². The smallest absolute Gasteiger partial charge is 0.321 e. The standard InChI is InChI=1S/C21H31N5O4/c27-19(23-21(29)22-16-18-4-2-1-3-5-18)6-7-24-8-10-26(11-9-24)20(28)17-25-12-14-30-15-13-25/h1-5H,6-17H2,(H2,22,23,27,29). The van der Waals surface area contributed by atoms with E-state index >= 15 is 0 Å². The number of urea groups is 1. The van der Waals surface area contributed by atoms with Gasteiger partial charge in [0, 0.05) is 58.8 Å². The first-order valence-corrected chi connectivity index (χ1v) is 10.5. The maximum Gasteiger partial charge on any atom is 0.321 e. The highest BCUT2D eigenvalue weighted by atomic mass is 16.5. The van der Waals surface area contributed by atoms with E-state index in [1.165, 1.54) is 0 Å². The highest BCUT2D eigenvalue weighted by Crippen LogP contribution is 2.05. The van der Waals surface area contributed by atoms with Crippen LogP contribution in [0.2, 0.25) is 0 Å². The van der Waals surface area contributed by atoms with Gasteiger partial charge < -0.3 is 15.0 Å². The van der Waals surface area contributed by atoms with E-state index in [4.69, 9.17) is 4.74 Å². The molecule has 3 rings (SSSR count). The van der Waals surface area contributed by atoms with Crippen LogP contribution in [0.1, 0.15) is 12.0 Å². The number of hydrogen-bond acceptors (Lipinski definition) is 6. The Balaban J connectivity index is 1.28. The molecule has 2 saturated heterocycles. The number of amides is 4. The Labute approximate surface area is 177 Å². The number of nitrogens with one attached hydrogen (secondary N) is 2. The predicted molar refractivity (Wildman–Crippen MR) is 112 cm³/mol. The highest BCUT2D eigenvalue weighted by Gasteiger charge is 2.23.